The van der Waals surface area contributed by atoms with Gasteiger partial charge in [-0.3, -0.25) is 4.90 Å². The van der Waals surface area contributed by atoms with Crippen molar-refractivity contribution in [2.75, 3.05) is 45.0 Å². The van der Waals surface area contributed by atoms with Crippen LogP contribution in [0.1, 0.15) is 85.3 Å². The monoisotopic (exact) mass is 772 g/mol. The fraction of sp³-hybridized carbons (Fsp3) is 0.558. The Morgan fingerprint density at radius 2 is 1.80 bits per heavy atom. The van der Waals surface area contributed by atoms with Crippen molar-refractivity contribution < 1.29 is 27.4 Å². The number of aryl methyl sites for hydroxylation is 1. The van der Waals surface area contributed by atoms with Crippen LogP contribution in [-0.2, 0) is 4.74 Å². The number of alkyl halides is 1. The topological polar surface area (TPSA) is 90.2 Å². The zero-order valence-corrected chi connectivity index (χ0v) is 34.6. The molecule has 55 heavy (non-hydrogen) atoms. The van der Waals surface area contributed by atoms with Crippen molar-refractivity contribution in [2.24, 2.45) is 0 Å². The highest BCUT2D eigenvalue weighted by Crippen LogP contribution is 2.44. The number of aromatic nitrogens is 2. The van der Waals surface area contributed by atoms with Gasteiger partial charge in [0.1, 0.15) is 43.6 Å². The van der Waals surface area contributed by atoms with Gasteiger partial charge in [-0.05, 0) is 79.9 Å². The Kier molecular flexibility index (Phi) is 10.8. The summed E-state index contributed by atoms with van der Waals surface area (Å²) in [6, 6.07) is 6.97. The standard InChI is InChI=1S/C43H54F2N4O5Si/c1-25(2)55(26(3)4,27(5)6)18-14-33-35(45)12-11-30-19-32(53-24-51-9)20-34(36(30)33)39-29(8)38-37(41(50)54-39)40(49-17-13-28(49)7)47-42(46-38)52-23-43-15-10-16-48(43)22-31(44)21-43/h11-12,19-20,25-28,31H,10,13,15-17,21-24H2,1-9H3/t28-,31-,43+/m1/s1. The molecule has 0 unspecified atom stereocenters. The van der Waals surface area contributed by atoms with Gasteiger partial charge < -0.3 is 23.5 Å². The Bertz CT molecular complexity index is 2210. The van der Waals surface area contributed by atoms with Crippen molar-refractivity contribution in [1.29, 1.82) is 0 Å². The van der Waals surface area contributed by atoms with E-state index in [2.05, 4.69) is 69.7 Å². The molecule has 0 N–H and O–H groups in total. The highest BCUT2D eigenvalue weighted by molar-refractivity contribution is 6.90. The van der Waals surface area contributed by atoms with Gasteiger partial charge in [0.15, 0.2) is 12.6 Å². The van der Waals surface area contributed by atoms with E-state index in [0.717, 1.165) is 25.8 Å². The summed E-state index contributed by atoms with van der Waals surface area (Å²) in [5.74, 6) is 4.05. The molecule has 9 nitrogen and oxygen atoms in total. The van der Waals surface area contributed by atoms with Crippen molar-refractivity contribution in [3.8, 4) is 34.5 Å². The average Bonchev–Trinajstić information content (AvgIpc) is 3.66. The van der Waals surface area contributed by atoms with Gasteiger partial charge in [-0.2, -0.15) is 9.97 Å². The number of benzene rings is 2. The number of methoxy groups -OCH3 is 1. The molecular formula is C43H54F2N4O5Si. The number of halogens is 2. The summed E-state index contributed by atoms with van der Waals surface area (Å²) in [6.07, 6.45) is 2.29. The van der Waals surface area contributed by atoms with Gasteiger partial charge in [-0.15, -0.1) is 5.54 Å². The summed E-state index contributed by atoms with van der Waals surface area (Å²) in [7, 11) is -0.725. The lowest BCUT2D eigenvalue weighted by Gasteiger charge is -2.40. The summed E-state index contributed by atoms with van der Waals surface area (Å²) >= 11 is 0. The van der Waals surface area contributed by atoms with Crippen LogP contribution in [0.5, 0.6) is 11.8 Å². The summed E-state index contributed by atoms with van der Waals surface area (Å²) in [5.41, 5.74) is 5.36. The Morgan fingerprint density at radius 1 is 1.05 bits per heavy atom. The SMILES string of the molecule is COCOc1cc(-c2oc(=O)c3c(N4CC[C@H]4C)nc(OC[C@@]45CCCN4C[C@H](F)C5)nc3c2C)c2c(C#C[Si](C(C)C)(C(C)C)C(C)C)c(F)ccc2c1. The Hall–Kier alpha value is -4.05. The van der Waals surface area contributed by atoms with Crippen molar-refractivity contribution in [3.63, 3.8) is 0 Å². The van der Waals surface area contributed by atoms with Crippen LogP contribution in [0.2, 0.25) is 16.6 Å². The second kappa shape index (κ2) is 15.1. The number of nitrogens with zero attached hydrogens (tertiary/aromatic N) is 4. The van der Waals surface area contributed by atoms with Crippen LogP contribution in [0.15, 0.2) is 33.5 Å². The van der Waals surface area contributed by atoms with Crippen LogP contribution >= 0.6 is 0 Å². The van der Waals surface area contributed by atoms with Crippen LogP contribution in [0.25, 0.3) is 33.0 Å². The first-order chi connectivity index (χ1) is 26.2. The van der Waals surface area contributed by atoms with Gasteiger partial charge >= 0.3 is 11.6 Å². The maximum absolute atomic E-state index is 16.2. The normalized spacial score (nSPS) is 21.5. The molecule has 4 aromatic rings. The largest absolute Gasteiger partial charge is 0.468 e. The molecule has 0 bridgehead atoms. The van der Waals surface area contributed by atoms with E-state index in [9.17, 15) is 9.18 Å². The van der Waals surface area contributed by atoms with Crippen LogP contribution in [0.4, 0.5) is 14.6 Å². The maximum Gasteiger partial charge on any atom is 0.349 e. The van der Waals surface area contributed by atoms with Gasteiger partial charge in [0, 0.05) is 49.2 Å². The van der Waals surface area contributed by atoms with Crippen molar-refractivity contribution in [1.82, 2.24) is 14.9 Å². The van der Waals surface area contributed by atoms with Gasteiger partial charge in [0.2, 0.25) is 0 Å². The summed E-state index contributed by atoms with van der Waals surface area (Å²) < 4.78 is 54.7. The average molecular weight is 773 g/mol. The second-order valence-electron chi connectivity index (χ2n) is 16.8. The van der Waals surface area contributed by atoms with E-state index in [0.29, 0.717) is 75.1 Å². The molecule has 3 saturated heterocycles. The van der Waals surface area contributed by atoms with E-state index in [1.165, 1.54) is 13.2 Å². The van der Waals surface area contributed by atoms with E-state index < -0.39 is 31.2 Å². The molecule has 3 fully saturated rings. The second-order valence-corrected chi connectivity index (χ2v) is 22.4. The van der Waals surface area contributed by atoms with E-state index in [1.54, 1.807) is 12.1 Å². The lowest BCUT2D eigenvalue weighted by molar-refractivity contribution is 0.0512. The van der Waals surface area contributed by atoms with Gasteiger partial charge in [-0.25, -0.2) is 13.6 Å². The molecule has 5 heterocycles. The molecule has 0 amide bonds. The first-order valence-corrected chi connectivity index (χ1v) is 22.0. The van der Waals surface area contributed by atoms with Crippen molar-refractivity contribution in [3.05, 3.63) is 51.6 Å². The van der Waals surface area contributed by atoms with E-state index >= 15 is 4.39 Å². The number of rotatable bonds is 11. The molecule has 0 aliphatic carbocycles. The minimum absolute atomic E-state index is 0.0158. The molecule has 3 aliphatic rings. The van der Waals surface area contributed by atoms with Gasteiger partial charge in [0.25, 0.3) is 0 Å². The lowest BCUT2D eigenvalue weighted by atomic mass is 9.94. The van der Waals surface area contributed by atoms with E-state index in [-0.39, 0.29) is 42.2 Å². The smallest absolute Gasteiger partial charge is 0.349 e. The van der Waals surface area contributed by atoms with E-state index in [4.69, 9.17) is 28.6 Å². The zero-order chi connectivity index (χ0) is 39.4. The minimum Gasteiger partial charge on any atom is -0.468 e. The fourth-order valence-electron chi connectivity index (χ4n) is 9.75. The van der Waals surface area contributed by atoms with Crippen molar-refractivity contribution in [2.45, 2.75) is 115 Å². The van der Waals surface area contributed by atoms with E-state index in [1.807, 2.05) is 13.0 Å². The fourth-order valence-corrected chi connectivity index (χ4v) is 15.0. The van der Waals surface area contributed by atoms with Crippen LogP contribution in [0.3, 0.4) is 0 Å². The predicted molar refractivity (Wildman–Crippen MR) is 216 cm³/mol. The Balaban J connectivity index is 1.45. The number of ether oxygens (including phenoxy) is 3. The highest BCUT2D eigenvalue weighted by atomic mass is 28.3. The number of fused-ring (bicyclic) bond motifs is 3. The molecule has 0 saturated carbocycles. The molecule has 3 aliphatic heterocycles. The van der Waals surface area contributed by atoms with Gasteiger partial charge in [-0.1, -0.05) is 53.5 Å². The first kappa shape index (κ1) is 39.2. The Labute approximate surface area is 323 Å². The van der Waals surface area contributed by atoms with Gasteiger partial charge in [0.05, 0.1) is 16.6 Å². The zero-order valence-electron chi connectivity index (χ0n) is 33.6. The summed E-state index contributed by atoms with van der Waals surface area (Å²) in [5, 5.41) is 1.45. The molecule has 2 aromatic carbocycles. The molecule has 294 valence electrons. The van der Waals surface area contributed by atoms with Crippen LogP contribution in [0, 0.1) is 24.2 Å². The maximum atomic E-state index is 16.2. The molecule has 7 rings (SSSR count). The third-order valence-corrected chi connectivity index (χ3v) is 19.0. The molecule has 3 atom stereocenters. The predicted octanol–water partition coefficient (Wildman–Crippen LogP) is 8.96. The summed E-state index contributed by atoms with van der Waals surface area (Å²) in [4.78, 5) is 28.2. The highest BCUT2D eigenvalue weighted by Gasteiger charge is 2.49. The minimum atomic E-state index is -2.26. The number of anilines is 1. The molecule has 0 spiro atoms. The molecule has 12 heteroatoms. The first-order valence-electron chi connectivity index (χ1n) is 19.8. The Morgan fingerprint density at radius 3 is 2.45 bits per heavy atom. The number of hydrogen-bond donors (Lipinski definition) is 0. The quantitative estimate of drug-likeness (QED) is 0.0842. The lowest BCUT2D eigenvalue weighted by Crippen LogP contribution is -2.47. The van der Waals surface area contributed by atoms with Crippen LogP contribution in [-0.4, -0.2) is 80.8 Å². The number of hydrogen-bond acceptors (Lipinski definition) is 9. The van der Waals surface area contributed by atoms with Crippen LogP contribution < -0.4 is 20.0 Å². The van der Waals surface area contributed by atoms with Crippen molar-refractivity contribution >= 4 is 35.6 Å². The molecular weight excluding hydrogens is 719 g/mol. The third-order valence-electron chi connectivity index (χ3n) is 12.7. The molecule has 0 radical (unpaired) electrons. The summed E-state index contributed by atoms with van der Waals surface area (Å²) in [6.45, 7) is 19.5. The third kappa shape index (κ3) is 6.80. The molecule has 2 aromatic heterocycles.